The minimum atomic E-state index is -5.49. The maximum atomic E-state index is 12.0. The molecule has 1 aliphatic heterocycles. The van der Waals surface area contributed by atoms with Gasteiger partial charge in [0.15, 0.2) is 22.1 Å². The summed E-state index contributed by atoms with van der Waals surface area (Å²) < 4.78 is 48.8. The Kier molecular flexibility index (Phi) is 7.38. The van der Waals surface area contributed by atoms with E-state index in [1.54, 1.807) is 0 Å². The smallest absolute Gasteiger partial charge is 0.387 e. The number of phosphoric ester groups is 1. The number of aliphatic hydroxyl groups excluding tert-OH is 2. The van der Waals surface area contributed by atoms with E-state index < -0.39 is 60.0 Å². The van der Waals surface area contributed by atoms with Crippen LogP contribution in [0.1, 0.15) is 6.23 Å². The number of hydrogen-bond donors (Lipinski definition) is 9. The summed E-state index contributed by atoms with van der Waals surface area (Å²) in [7, 11) is -16.3. The molecule has 6 atom stereocenters. The van der Waals surface area contributed by atoms with Crippen LogP contribution in [-0.2, 0) is 27.3 Å². The van der Waals surface area contributed by atoms with Crippen molar-refractivity contribution in [1.82, 2.24) is 24.4 Å². The number of anilines is 1. The zero-order chi connectivity index (χ0) is 24.9. The number of aromatic nitrogens is 4. The van der Waals surface area contributed by atoms with Gasteiger partial charge in [-0.2, -0.15) is 9.29 Å². The zero-order valence-corrected chi connectivity index (χ0v) is 20.0. The summed E-state index contributed by atoms with van der Waals surface area (Å²) in [6.07, 6.45) is -6.46. The summed E-state index contributed by atoms with van der Waals surface area (Å²) in [6, 6.07) is 0. The molecular formula is C10H16BrN6O13P3. The second kappa shape index (κ2) is 9.18. The molecule has 0 bridgehead atoms. The van der Waals surface area contributed by atoms with Crippen LogP contribution < -0.4 is 16.2 Å². The third-order valence-corrected chi connectivity index (χ3v) is 8.79. The second-order valence-corrected chi connectivity index (χ2v) is 11.9. The number of nitrogens with one attached hydrogen (secondary N) is 2. The molecule has 0 amide bonds. The Bertz CT molecular complexity index is 1260. The molecule has 186 valence electrons. The maximum Gasteiger partial charge on any atom is 0.480 e. The van der Waals surface area contributed by atoms with Crippen LogP contribution in [0.3, 0.4) is 0 Å². The average molecular weight is 601 g/mol. The molecule has 2 aromatic rings. The van der Waals surface area contributed by atoms with E-state index >= 15 is 0 Å². The number of aliphatic hydroxyl groups is 2. The van der Waals surface area contributed by atoms with E-state index in [9.17, 15) is 38.5 Å². The van der Waals surface area contributed by atoms with Crippen LogP contribution in [0.25, 0.3) is 11.2 Å². The average Bonchev–Trinajstić information content (AvgIpc) is 3.07. The number of phosphoric acid groups is 1. The van der Waals surface area contributed by atoms with Crippen LogP contribution in [-0.4, -0.2) is 74.2 Å². The summed E-state index contributed by atoms with van der Waals surface area (Å²) in [5, 5.41) is 20.6. The van der Waals surface area contributed by atoms with Gasteiger partial charge in [0.05, 0.1) is 6.61 Å². The fraction of sp³-hybridized carbons (Fsp3) is 0.500. The zero-order valence-electron chi connectivity index (χ0n) is 15.7. The molecule has 1 aliphatic rings. The highest BCUT2D eigenvalue weighted by Gasteiger charge is 2.47. The maximum absolute atomic E-state index is 12.0. The first-order valence-electron chi connectivity index (χ1n) is 8.31. The van der Waals surface area contributed by atoms with Gasteiger partial charge in [0.25, 0.3) is 5.56 Å². The molecule has 23 heteroatoms. The molecule has 3 rings (SSSR count). The van der Waals surface area contributed by atoms with Crippen molar-refractivity contribution in [2.45, 2.75) is 24.5 Å². The largest absolute Gasteiger partial charge is 0.480 e. The van der Waals surface area contributed by atoms with Crippen LogP contribution >= 0.6 is 39.2 Å². The Balaban J connectivity index is 1.77. The number of fused-ring (bicyclic) bond motifs is 1. The number of nitrogen functional groups attached to an aromatic ring is 1. The van der Waals surface area contributed by atoms with Gasteiger partial charge in [-0.1, -0.05) is 0 Å². The number of imidazole rings is 1. The Morgan fingerprint density at radius 2 is 1.82 bits per heavy atom. The fourth-order valence-electron chi connectivity index (χ4n) is 2.79. The fourth-order valence-corrected chi connectivity index (χ4v) is 6.78. The molecule has 3 heterocycles. The van der Waals surface area contributed by atoms with Crippen LogP contribution in [0.4, 0.5) is 5.95 Å². The van der Waals surface area contributed by atoms with Gasteiger partial charge < -0.3 is 40.3 Å². The molecule has 10 N–H and O–H groups in total. The van der Waals surface area contributed by atoms with Crippen molar-refractivity contribution < 1.29 is 57.1 Å². The molecule has 0 radical (unpaired) electrons. The Morgan fingerprint density at radius 1 is 1.18 bits per heavy atom. The van der Waals surface area contributed by atoms with E-state index in [1.165, 1.54) is 0 Å². The highest BCUT2D eigenvalue weighted by molar-refractivity contribution is 9.10. The predicted molar refractivity (Wildman–Crippen MR) is 108 cm³/mol. The van der Waals surface area contributed by atoms with Gasteiger partial charge in [0, 0.05) is 0 Å². The highest BCUT2D eigenvalue weighted by Crippen LogP contribution is 2.61. The molecule has 1 fully saturated rings. The van der Waals surface area contributed by atoms with Crippen LogP contribution in [0.2, 0.25) is 0 Å². The van der Waals surface area contributed by atoms with E-state index in [4.69, 9.17) is 20.3 Å². The van der Waals surface area contributed by atoms with Crippen molar-refractivity contribution in [2.75, 3.05) is 12.3 Å². The summed E-state index contributed by atoms with van der Waals surface area (Å²) in [6.45, 7) is -1.00. The van der Waals surface area contributed by atoms with E-state index in [0.717, 1.165) is 9.42 Å². The molecule has 0 aliphatic carbocycles. The normalized spacial score (nSPS) is 27.5. The molecule has 33 heavy (non-hydrogen) atoms. The molecule has 0 saturated carbocycles. The van der Waals surface area contributed by atoms with Crippen molar-refractivity contribution in [3.8, 4) is 0 Å². The van der Waals surface area contributed by atoms with E-state index in [1.807, 2.05) is 0 Å². The lowest BCUT2D eigenvalue weighted by molar-refractivity contribution is -0.0512. The third kappa shape index (κ3) is 6.14. The number of nitrogens with zero attached hydrogens (tertiary/aromatic N) is 3. The first kappa shape index (κ1) is 26.5. The van der Waals surface area contributed by atoms with Crippen LogP contribution in [0, 0.1) is 0 Å². The second-order valence-electron chi connectivity index (χ2n) is 6.43. The number of rotatable bonds is 8. The van der Waals surface area contributed by atoms with Gasteiger partial charge in [-0.3, -0.25) is 18.9 Å². The predicted octanol–water partition coefficient (Wildman–Crippen LogP) is -2.00. The minimum absolute atomic E-state index is 0.0557. The molecular weight excluding hydrogens is 585 g/mol. The van der Waals surface area contributed by atoms with Crippen molar-refractivity contribution in [3.63, 3.8) is 0 Å². The van der Waals surface area contributed by atoms with Gasteiger partial charge in [0.2, 0.25) is 5.95 Å². The number of halogens is 1. The van der Waals surface area contributed by atoms with Gasteiger partial charge >= 0.3 is 23.3 Å². The monoisotopic (exact) mass is 600 g/mol. The van der Waals surface area contributed by atoms with Crippen LogP contribution in [0.15, 0.2) is 9.53 Å². The van der Waals surface area contributed by atoms with Crippen LogP contribution in [0.5, 0.6) is 0 Å². The molecule has 0 aromatic carbocycles. The number of H-pyrrole nitrogens is 1. The van der Waals surface area contributed by atoms with E-state index in [-0.39, 0.29) is 21.8 Å². The topological polar surface area (TPSA) is 302 Å². The minimum Gasteiger partial charge on any atom is -0.387 e. The summed E-state index contributed by atoms with van der Waals surface area (Å²) in [5.41, 5.74) is 4.47. The lowest BCUT2D eigenvalue weighted by Gasteiger charge is -2.20. The molecule has 0 spiro atoms. The van der Waals surface area contributed by atoms with Crippen molar-refractivity contribution in [1.29, 1.82) is 0 Å². The van der Waals surface area contributed by atoms with Gasteiger partial charge in [-0.25, -0.2) is 18.7 Å². The highest BCUT2D eigenvalue weighted by atomic mass is 79.9. The first-order chi connectivity index (χ1) is 15.0. The Labute approximate surface area is 190 Å². The van der Waals surface area contributed by atoms with Gasteiger partial charge in [-0.15, -0.1) is 4.86 Å². The number of aromatic amines is 1. The summed E-state index contributed by atoms with van der Waals surface area (Å²) in [4.78, 5) is 58.9. The van der Waals surface area contributed by atoms with Gasteiger partial charge in [-0.05, 0) is 15.9 Å². The third-order valence-electron chi connectivity index (χ3n) is 3.99. The first-order valence-corrected chi connectivity index (χ1v) is 13.8. The molecule has 2 unspecified atom stereocenters. The number of nitrogens with two attached hydrogens (primary N) is 1. The molecule has 2 aromatic heterocycles. The van der Waals surface area contributed by atoms with Crippen molar-refractivity contribution in [3.05, 3.63) is 15.1 Å². The van der Waals surface area contributed by atoms with Crippen molar-refractivity contribution in [2.24, 2.45) is 0 Å². The number of hydrogen-bond acceptors (Lipinski definition) is 12. The number of ether oxygens (including phenoxy) is 1. The quantitative estimate of drug-likeness (QED) is 0.117. The Hall–Kier alpha value is -1.08. The lowest BCUT2D eigenvalue weighted by atomic mass is 10.1. The van der Waals surface area contributed by atoms with Gasteiger partial charge in [0.1, 0.15) is 18.3 Å². The van der Waals surface area contributed by atoms with E-state index in [2.05, 4.69) is 39.7 Å². The summed E-state index contributed by atoms with van der Waals surface area (Å²) >= 11 is 3.05. The Morgan fingerprint density at radius 3 is 2.42 bits per heavy atom. The standard InChI is InChI=1S/C10H16BrN6O13P3/c11-9-13-3-6(14-10(12)15-7(3)20)17(9)8-5(19)4(18)2(29-8)1-28-33(26,27)30-32(24,25)16-31(21,22)23/h2,4-5,8,18-19H,1H2,(H,26,27)(H3,12,14,15,20)(H4,16,21,22,23,24,25)/t2-,4-,5-,8-/m1/s1. The lowest BCUT2D eigenvalue weighted by Crippen LogP contribution is -2.33. The SMILES string of the molecule is Nc1nc2c(nc(Br)n2[C@@H]2O[C@H](COP(=O)(O)OP(=O)(O)NP(=O)(O)O)[C@@H](O)[C@H]2O)c(=O)[nH]1. The van der Waals surface area contributed by atoms with Crippen molar-refractivity contribution >= 4 is 56.4 Å². The molecule has 19 nitrogen and oxygen atoms in total. The van der Waals surface area contributed by atoms with E-state index in [0.29, 0.717) is 0 Å². The molecule has 1 saturated heterocycles. The summed E-state index contributed by atoms with van der Waals surface area (Å²) in [5.74, 6) is -0.287.